The van der Waals surface area contributed by atoms with E-state index >= 15 is 0 Å². The third kappa shape index (κ3) is 3.65. The predicted octanol–water partition coefficient (Wildman–Crippen LogP) is 2.97. The highest BCUT2D eigenvalue weighted by Crippen LogP contribution is 2.25. The zero-order chi connectivity index (χ0) is 17.1. The average Bonchev–Trinajstić information content (AvgIpc) is 2.97. The van der Waals surface area contributed by atoms with E-state index in [0.717, 1.165) is 16.8 Å². The van der Waals surface area contributed by atoms with Crippen molar-refractivity contribution < 1.29 is 9.59 Å². The lowest BCUT2D eigenvalue weighted by Crippen LogP contribution is -2.32. The van der Waals surface area contributed by atoms with Gasteiger partial charge in [0.1, 0.15) is 0 Å². The normalized spacial score (nSPS) is 17.2. The summed E-state index contributed by atoms with van der Waals surface area (Å²) in [6.45, 7) is 4.99. The molecule has 1 aliphatic rings. The number of amides is 2. The summed E-state index contributed by atoms with van der Waals surface area (Å²) in [5.74, 6) is -0.336. The van der Waals surface area contributed by atoms with E-state index in [1.54, 1.807) is 4.90 Å². The van der Waals surface area contributed by atoms with Crippen LogP contribution in [0.2, 0.25) is 0 Å². The Bertz CT molecular complexity index is 735. The molecule has 1 atom stereocenters. The van der Waals surface area contributed by atoms with Crippen molar-refractivity contribution in [3.05, 3.63) is 65.2 Å². The number of hydrogen-bond donors (Lipinski definition) is 1. The maximum absolute atomic E-state index is 12.4. The molecule has 4 nitrogen and oxygen atoms in total. The molecule has 2 aromatic carbocycles. The molecule has 1 fully saturated rings. The summed E-state index contributed by atoms with van der Waals surface area (Å²) in [4.78, 5) is 26.3. The number of nitrogens with zero attached hydrogens (tertiary/aromatic N) is 1. The van der Waals surface area contributed by atoms with Crippen LogP contribution in [0.4, 0.5) is 5.69 Å². The van der Waals surface area contributed by atoms with Crippen molar-refractivity contribution in [1.82, 2.24) is 5.32 Å². The van der Waals surface area contributed by atoms with E-state index in [9.17, 15) is 9.59 Å². The smallest absolute Gasteiger partial charge is 0.227 e. The third-order valence-corrected chi connectivity index (χ3v) is 4.43. The van der Waals surface area contributed by atoms with E-state index in [4.69, 9.17) is 0 Å². The lowest BCUT2D eigenvalue weighted by Gasteiger charge is -2.17. The first-order valence-electron chi connectivity index (χ1n) is 8.23. The van der Waals surface area contributed by atoms with Crippen molar-refractivity contribution in [3.63, 3.8) is 0 Å². The Morgan fingerprint density at radius 2 is 1.62 bits per heavy atom. The molecule has 1 heterocycles. The number of aryl methyl sites for hydroxylation is 2. The van der Waals surface area contributed by atoms with Crippen LogP contribution in [0.15, 0.2) is 48.5 Å². The molecule has 2 amide bonds. The molecule has 0 saturated carbocycles. The van der Waals surface area contributed by atoms with Crippen LogP contribution in [0.1, 0.15) is 23.1 Å². The Morgan fingerprint density at radius 1 is 1.04 bits per heavy atom. The van der Waals surface area contributed by atoms with Crippen molar-refractivity contribution in [1.29, 1.82) is 0 Å². The highest BCUT2D eigenvalue weighted by molar-refractivity contribution is 6.00. The largest absolute Gasteiger partial charge is 0.352 e. The van der Waals surface area contributed by atoms with E-state index in [0.29, 0.717) is 13.1 Å². The molecule has 1 unspecified atom stereocenters. The molecule has 2 aromatic rings. The van der Waals surface area contributed by atoms with Crippen LogP contribution < -0.4 is 10.2 Å². The fraction of sp³-hybridized carbons (Fsp3) is 0.300. The zero-order valence-corrected chi connectivity index (χ0v) is 14.1. The number of hydrogen-bond acceptors (Lipinski definition) is 2. The summed E-state index contributed by atoms with van der Waals surface area (Å²) in [7, 11) is 0. The van der Waals surface area contributed by atoms with Crippen molar-refractivity contribution in [3.8, 4) is 0 Å². The van der Waals surface area contributed by atoms with Crippen molar-refractivity contribution in [2.75, 3.05) is 11.4 Å². The van der Waals surface area contributed by atoms with E-state index < -0.39 is 0 Å². The lowest BCUT2D eigenvalue weighted by atomic mass is 10.1. The van der Waals surface area contributed by atoms with Gasteiger partial charge in [-0.05, 0) is 31.5 Å². The Kier molecular flexibility index (Phi) is 4.65. The van der Waals surface area contributed by atoms with Crippen molar-refractivity contribution >= 4 is 17.5 Å². The molecule has 0 aliphatic carbocycles. The summed E-state index contributed by atoms with van der Waals surface area (Å²) in [6.07, 6.45) is 0.271. The van der Waals surface area contributed by atoms with E-state index in [2.05, 4.69) is 5.32 Å². The highest BCUT2D eigenvalue weighted by atomic mass is 16.2. The summed E-state index contributed by atoms with van der Waals surface area (Å²) in [5, 5.41) is 2.94. The Balaban J connectivity index is 1.59. The second-order valence-electron chi connectivity index (χ2n) is 6.44. The maximum Gasteiger partial charge on any atom is 0.227 e. The first kappa shape index (κ1) is 16.2. The Hall–Kier alpha value is -2.62. The summed E-state index contributed by atoms with van der Waals surface area (Å²) < 4.78 is 0. The Morgan fingerprint density at radius 3 is 2.25 bits per heavy atom. The van der Waals surface area contributed by atoms with Gasteiger partial charge in [-0.2, -0.15) is 0 Å². The van der Waals surface area contributed by atoms with Gasteiger partial charge in [0.05, 0.1) is 5.92 Å². The second-order valence-corrected chi connectivity index (χ2v) is 6.44. The molecule has 3 rings (SSSR count). The minimum absolute atomic E-state index is 0.00865. The Labute approximate surface area is 142 Å². The van der Waals surface area contributed by atoms with Gasteiger partial charge in [-0.25, -0.2) is 0 Å². The molecule has 0 spiro atoms. The van der Waals surface area contributed by atoms with Crippen LogP contribution >= 0.6 is 0 Å². The summed E-state index contributed by atoms with van der Waals surface area (Å²) in [6, 6.07) is 15.9. The molecule has 1 saturated heterocycles. The number of anilines is 1. The van der Waals surface area contributed by atoms with Gasteiger partial charge in [0.2, 0.25) is 11.8 Å². The molecule has 1 aliphatic heterocycles. The predicted molar refractivity (Wildman–Crippen MR) is 94.7 cm³/mol. The van der Waals surface area contributed by atoms with E-state index in [1.165, 1.54) is 5.56 Å². The topological polar surface area (TPSA) is 49.4 Å². The fourth-order valence-electron chi connectivity index (χ4n) is 2.90. The monoisotopic (exact) mass is 322 g/mol. The zero-order valence-electron chi connectivity index (χ0n) is 14.1. The van der Waals surface area contributed by atoms with Crippen LogP contribution in [-0.2, 0) is 16.1 Å². The average molecular weight is 322 g/mol. The second kappa shape index (κ2) is 6.87. The van der Waals surface area contributed by atoms with E-state index in [1.807, 2.05) is 62.4 Å². The molecular formula is C20H22N2O2. The molecular weight excluding hydrogens is 300 g/mol. The van der Waals surface area contributed by atoms with Gasteiger partial charge < -0.3 is 10.2 Å². The molecule has 0 bridgehead atoms. The standard InChI is InChI=1S/C20H22N2O2/c1-14-3-7-16(8-4-14)12-21-20(24)17-11-19(23)22(13-17)18-9-5-15(2)6-10-18/h3-10,17H,11-13H2,1-2H3,(H,21,24). The minimum Gasteiger partial charge on any atom is -0.352 e. The number of benzene rings is 2. The van der Waals surface area contributed by atoms with Crippen molar-refractivity contribution in [2.24, 2.45) is 5.92 Å². The first-order valence-corrected chi connectivity index (χ1v) is 8.23. The van der Waals surface area contributed by atoms with Gasteiger partial charge in [-0.3, -0.25) is 9.59 Å². The molecule has 124 valence electrons. The summed E-state index contributed by atoms with van der Waals surface area (Å²) in [5.41, 5.74) is 4.27. The molecule has 24 heavy (non-hydrogen) atoms. The molecule has 0 radical (unpaired) electrons. The van der Waals surface area contributed by atoms with E-state index in [-0.39, 0.29) is 24.2 Å². The number of carbonyl (C=O) groups is 2. The van der Waals surface area contributed by atoms with Gasteiger partial charge in [-0.1, -0.05) is 47.5 Å². The first-order chi connectivity index (χ1) is 11.5. The van der Waals surface area contributed by atoms with Gasteiger partial charge in [0.25, 0.3) is 0 Å². The lowest BCUT2D eigenvalue weighted by molar-refractivity contribution is -0.126. The number of rotatable bonds is 4. The molecule has 4 heteroatoms. The fourth-order valence-corrected chi connectivity index (χ4v) is 2.90. The highest BCUT2D eigenvalue weighted by Gasteiger charge is 2.34. The summed E-state index contributed by atoms with van der Waals surface area (Å²) >= 11 is 0. The molecule has 0 aromatic heterocycles. The van der Waals surface area contributed by atoms with Gasteiger partial charge in [0, 0.05) is 25.2 Å². The van der Waals surface area contributed by atoms with Crippen molar-refractivity contribution in [2.45, 2.75) is 26.8 Å². The number of carbonyl (C=O) groups excluding carboxylic acids is 2. The SMILES string of the molecule is Cc1ccc(CNC(=O)C2CC(=O)N(c3ccc(C)cc3)C2)cc1. The van der Waals surface area contributed by atoms with Gasteiger partial charge in [-0.15, -0.1) is 0 Å². The van der Waals surface area contributed by atoms with Crippen LogP contribution in [0.25, 0.3) is 0 Å². The van der Waals surface area contributed by atoms with Gasteiger partial charge >= 0.3 is 0 Å². The van der Waals surface area contributed by atoms with Gasteiger partial charge in [0.15, 0.2) is 0 Å². The van der Waals surface area contributed by atoms with Crippen LogP contribution in [-0.4, -0.2) is 18.4 Å². The molecule has 1 N–H and O–H groups in total. The number of nitrogens with one attached hydrogen (secondary N) is 1. The third-order valence-electron chi connectivity index (χ3n) is 4.43. The van der Waals surface area contributed by atoms with Crippen LogP contribution in [0.3, 0.4) is 0 Å². The maximum atomic E-state index is 12.4. The van der Waals surface area contributed by atoms with Crippen LogP contribution in [0, 0.1) is 19.8 Å². The van der Waals surface area contributed by atoms with Crippen LogP contribution in [0.5, 0.6) is 0 Å². The quantitative estimate of drug-likeness (QED) is 0.941. The minimum atomic E-state index is -0.288.